The lowest BCUT2D eigenvalue weighted by Crippen LogP contribution is -2.12. The van der Waals surface area contributed by atoms with Crippen molar-refractivity contribution in [2.75, 3.05) is 10.6 Å². The number of halogens is 2. The molecule has 2 N–H and O–H groups in total. The Morgan fingerprint density at radius 3 is 1.27 bits per heavy atom. The number of benzene rings is 4. The largest absolute Gasteiger partial charge is 0.457 e. The molecule has 33 heavy (non-hydrogen) atoms. The van der Waals surface area contributed by atoms with Crippen molar-refractivity contribution >= 4 is 68.4 Å². The Kier molecular flexibility index (Phi) is 7.61. The molecule has 7 heteroatoms. The highest BCUT2D eigenvalue weighted by molar-refractivity contribution is 14.1. The second kappa shape index (κ2) is 10.8. The topological polar surface area (TPSA) is 67.4 Å². The molecule has 0 aliphatic heterocycles. The van der Waals surface area contributed by atoms with Crippen molar-refractivity contribution in [2.45, 2.75) is 0 Å². The Morgan fingerprint density at radius 2 is 0.909 bits per heavy atom. The number of ether oxygens (including phenoxy) is 1. The summed E-state index contributed by atoms with van der Waals surface area (Å²) in [6.07, 6.45) is 0. The SMILES string of the molecule is O=C(Nc1ccccc1I)c1ccc(Oc2ccc(C(=O)Nc3ccccc3I)cc2)cc1. The Hall–Kier alpha value is -2.92. The minimum absolute atomic E-state index is 0.186. The average Bonchev–Trinajstić information content (AvgIpc) is 2.83. The smallest absolute Gasteiger partial charge is 0.255 e. The molecule has 0 aliphatic carbocycles. The molecule has 0 atom stereocenters. The Morgan fingerprint density at radius 1 is 0.545 bits per heavy atom. The fourth-order valence-corrected chi connectivity index (χ4v) is 4.04. The third kappa shape index (κ3) is 6.11. The van der Waals surface area contributed by atoms with Crippen LogP contribution >= 0.6 is 45.2 Å². The number of hydrogen-bond acceptors (Lipinski definition) is 3. The van der Waals surface area contributed by atoms with Crippen molar-refractivity contribution in [1.82, 2.24) is 0 Å². The van der Waals surface area contributed by atoms with Crippen LogP contribution in [-0.4, -0.2) is 11.8 Å². The first-order valence-electron chi connectivity index (χ1n) is 9.99. The maximum absolute atomic E-state index is 12.5. The van der Waals surface area contributed by atoms with Crippen LogP contribution in [0.5, 0.6) is 11.5 Å². The van der Waals surface area contributed by atoms with Gasteiger partial charge in [0.1, 0.15) is 11.5 Å². The van der Waals surface area contributed by atoms with Gasteiger partial charge in [0.2, 0.25) is 0 Å². The quantitative estimate of drug-likeness (QED) is 0.215. The summed E-state index contributed by atoms with van der Waals surface area (Å²) in [5.74, 6) is 0.817. The summed E-state index contributed by atoms with van der Waals surface area (Å²) in [5.41, 5.74) is 2.61. The number of hydrogen-bond donors (Lipinski definition) is 2. The number of carbonyl (C=O) groups is 2. The van der Waals surface area contributed by atoms with Gasteiger partial charge in [0.05, 0.1) is 11.4 Å². The van der Waals surface area contributed by atoms with Crippen LogP contribution in [-0.2, 0) is 0 Å². The van der Waals surface area contributed by atoms with E-state index in [9.17, 15) is 9.59 Å². The van der Waals surface area contributed by atoms with Crippen molar-refractivity contribution in [3.05, 3.63) is 115 Å². The van der Waals surface area contributed by atoms with Crippen LogP contribution in [0.3, 0.4) is 0 Å². The van der Waals surface area contributed by atoms with E-state index in [4.69, 9.17) is 4.74 Å². The highest BCUT2D eigenvalue weighted by Gasteiger charge is 2.10. The molecule has 0 saturated carbocycles. The lowest BCUT2D eigenvalue weighted by atomic mass is 10.2. The van der Waals surface area contributed by atoms with E-state index in [1.165, 1.54) is 0 Å². The molecule has 0 spiro atoms. The van der Waals surface area contributed by atoms with E-state index in [-0.39, 0.29) is 11.8 Å². The second-order valence-corrected chi connectivity index (χ2v) is 9.34. The fraction of sp³-hybridized carbons (Fsp3) is 0. The van der Waals surface area contributed by atoms with Gasteiger partial charge in [-0.3, -0.25) is 9.59 Å². The average molecular weight is 660 g/mol. The normalized spacial score (nSPS) is 10.4. The standard InChI is InChI=1S/C26H18I2N2O3/c27-21-5-1-3-7-23(21)29-25(31)17-9-13-19(14-10-17)33-20-15-11-18(12-16-20)26(32)30-24-8-4-2-6-22(24)28/h1-16H,(H,29,31)(H,30,32). The van der Waals surface area contributed by atoms with Gasteiger partial charge in [0.25, 0.3) is 11.8 Å². The molecule has 4 aromatic rings. The van der Waals surface area contributed by atoms with Gasteiger partial charge in [-0.2, -0.15) is 0 Å². The van der Waals surface area contributed by atoms with Crippen molar-refractivity contribution in [3.8, 4) is 11.5 Å². The summed E-state index contributed by atoms with van der Waals surface area (Å²) >= 11 is 4.37. The van der Waals surface area contributed by atoms with E-state index in [2.05, 4.69) is 55.8 Å². The molecule has 0 aromatic heterocycles. The van der Waals surface area contributed by atoms with Crippen molar-refractivity contribution in [1.29, 1.82) is 0 Å². The molecular weight excluding hydrogens is 642 g/mol. The summed E-state index contributed by atoms with van der Waals surface area (Å²) in [6, 6.07) is 29.0. The van der Waals surface area contributed by atoms with Crippen LogP contribution in [0.1, 0.15) is 20.7 Å². The second-order valence-electron chi connectivity index (χ2n) is 7.02. The van der Waals surface area contributed by atoms with Gasteiger partial charge < -0.3 is 15.4 Å². The molecule has 0 unspecified atom stereocenters. The Bertz CT molecular complexity index is 1190. The monoisotopic (exact) mass is 660 g/mol. The van der Waals surface area contributed by atoms with Crippen molar-refractivity contribution in [3.63, 3.8) is 0 Å². The predicted molar refractivity (Wildman–Crippen MR) is 147 cm³/mol. The van der Waals surface area contributed by atoms with Gasteiger partial charge in [-0.1, -0.05) is 24.3 Å². The molecule has 0 aliphatic rings. The predicted octanol–water partition coefficient (Wildman–Crippen LogP) is 7.19. The maximum atomic E-state index is 12.5. The minimum atomic E-state index is -0.186. The van der Waals surface area contributed by atoms with E-state index >= 15 is 0 Å². The summed E-state index contributed by atoms with van der Waals surface area (Å²) in [6.45, 7) is 0. The number of carbonyl (C=O) groups excluding carboxylic acids is 2. The van der Waals surface area contributed by atoms with Crippen LogP contribution in [0, 0.1) is 7.14 Å². The fourth-order valence-electron chi connectivity index (χ4n) is 3.00. The van der Waals surface area contributed by atoms with Gasteiger partial charge in [-0.05, 0) is 118 Å². The van der Waals surface area contributed by atoms with Gasteiger partial charge in [0, 0.05) is 18.3 Å². The first kappa shape index (κ1) is 23.2. The lowest BCUT2D eigenvalue weighted by Gasteiger charge is -2.10. The molecule has 4 aromatic carbocycles. The molecule has 4 rings (SSSR count). The molecule has 5 nitrogen and oxygen atoms in total. The van der Waals surface area contributed by atoms with Crippen molar-refractivity contribution in [2.24, 2.45) is 0 Å². The third-order valence-corrected chi connectivity index (χ3v) is 6.59. The van der Waals surface area contributed by atoms with Gasteiger partial charge >= 0.3 is 0 Å². The first-order valence-corrected chi connectivity index (χ1v) is 12.1. The van der Waals surface area contributed by atoms with E-state index in [1.807, 2.05) is 48.5 Å². The van der Waals surface area contributed by atoms with E-state index < -0.39 is 0 Å². The molecule has 0 bridgehead atoms. The number of rotatable bonds is 6. The highest BCUT2D eigenvalue weighted by Crippen LogP contribution is 2.24. The van der Waals surface area contributed by atoms with Gasteiger partial charge in [-0.25, -0.2) is 0 Å². The molecule has 0 radical (unpaired) electrons. The Balaban J connectivity index is 1.37. The van der Waals surface area contributed by atoms with Crippen LogP contribution in [0.4, 0.5) is 11.4 Å². The molecule has 0 heterocycles. The summed E-state index contributed by atoms with van der Waals surface area (Å²) in [4.78, 5) is 25.0. The molecule has 164 valence electrons. The van der Waals surface area contributed by atoms with E-state index in [0.717, 1.165) is 18.5 Å². The molecule has 0 saturated heterocycles. The molecule has 0 fully saturated rings. The maximum Gasteiger partial charge on any atom is 0.255 e. The number of nitrogens with one attached hydrogen (secondary N) is 2. The third-order valence-electron chi connectivity index (χ3n) is 4.71. The van der Waals surface area contributed by atoms with Crippen LogP contribution in [0.15, 0.2) is 97.1 Å². The minimum Gasteiger partial charge on any atom is -0.457 e. The zero-order chi connectivity index (χ0) is 23.2. The van der Waals surface area contributed by atoms with Crippen molar-refractivity contribution < 1.29 is 14.3 Å². The zero-order valence-corrected chi connectivity index (χ0v) is 21.5. The van der Waals surface area contributed by atoms with Gasteiger partial charge in [-0.15, -0.1) is 0 Å². The number of amides is 2. The molecule has 2 amide bonds. The number of para-hydroxylation sites is 2. The van der Waals surface area contributed by atoms with Crippen LogP contribution in [0.25, 0.3) is 0 Å². The first-order chi connectivity index (χ1) is 16.0. The summed E-state index contributed by atoms with van der Waals surface area (Å²) in [5, 5.41) is 5.82. The van der Waals surface area contributed by atoms with Gasteiger partial charge in [0.15, 0.2) is 0 Å². The van der Waals surface area contributed by atoms with Crippen LogP contribution < -0.4 is 15.4 Å². The van der Waals surface area contributed by atoms with E-state index in [0.29, 0.717) is 22.6 Å². The van der Waals surface area contributed by atoms with Crippen LogP contribution in [0.2, 0.25) is 0 Å². The number of anilines is 2. The zero-order valence-electron chi connectivity index (χ0n) is 17.2. The summed E-state index contributed by atoms with van der Waals surface area (Å²) < 4.78 is 7.80. The highest BCUT2D eigenvalue weighted by atomic mass is 127. The summed E-state index contributed by atoms with van der Waals surface area (Å²) in [7, 11) is 0. The van der Waals surface area contributed by atoms with E-state index in [1.54, 1.807) is 48.5 Å². The Labute approximate surface area is 218 Å². The molecular formula is C26H18I2N2O3. The lowest BCUT2D eigenvalue weighted by molar-refractivity contribution is 0.101.